The quantitative estimate of drug-likeness (QED) is 0.578. The lowest BCUT2D eigenvalue weighted by Crippen LogP contribution is -2.02. The van der Waals surface area contributed by atoms with E-state index in [4.69, 9.17) is 5.57 Å². The minimum atomic E-state index is -1.99. The van der Waals surface area contributed by atoms with Crippen LogP contribution in [0.4, 0.5) is 0 Å². The summed E-state index contributed by atoms with van der Waals surface area (Å²) in [6.45, 7) is -1.99. The second-order valence-electron chi connectivity index (χ2n) is 1.40. The van der Waals surface area contributed by atoms with Crippen LogP contribution in [-0.2, 0) is 6.42 Å². The maximum Gasteiger partial charge on any atom is 0.118 e. The van der Waals surface area contributed by atoms with Gasteiger partial charge in [0.1, 0.15) is 2.82 Å². The molecule has 8 heavy (non-hydrogen) atoms. The van der Waals surface area contributed by atoms with Gasteiger partial charge in [0, 0.05) is 15.4 Å². The van der Waals surface area contributed by atoms with Gasteiger partial charge in [0.15, 0.2) is 0 Å². The standard InChI is InChI=1S/C5H9N3/c6-2-1-5-3-7-4-8-5/h3-4H,1-2,6H2,(H,7,8)/i2D2/hD2. The molecule has 0 aliphatic rings. The highest BCUT2D eigenvalue weighted by Crippen LogP contribution is 1.88. The maximum atomic E-state index is 7.22. The fourth-order valence-corrected chi connectivity index (χ4v) is 0.469. The first-order chi connectivity index (χ1) is 5.52. The van der Waals surface area contributed by atoms with E-state index in [1.165, 1.54) is 6.33 Å². The van der Waals surface area contributed by atoms with Gasteiger partial charge in [0.2, 0.25) is 0 Å². The van der Waals surface area contributed by atoms with Crippen LogP contribution in [0.25, 0.3) is 0 Å². The Balaban J connectivity index is 2.62. The molecule has 0 fully saturated rings. The third-order valence-electron chi connectivity index (χ3n) is 0.815. The summed E-state index contributed by atoms with van der Waals surface area (Å²) in [4.78, 5) is 6.47. The Labute approximate surface area is 53.7 Å². The average molecular weight is 115 g/mol. The molecule has 3 heteroatoms. The zero-order valence-corrected chi connectivity index (χ0v) is 4.26. The summed E-state index contributed by atoms with van der Waals surface area (Å²) in [7, 11) is 0. The Morgan fingerprint density at radius 3 is 3.75 bits per heavy atom. The molecule has 44 valence electrons. The van der Waals surface area contributed by atoms with Gasteiger partial charge < -0.3 is 10.7 Å². The number of hydrogen-bond acceptors (Lipinski definition) is 2. The molecule has 1 aromatic rings. The molecule has 0 aromatic carbocycles. The zero-order chi connectivity index (χ0) is 9.19. The molecule has 0 spiro atoms. The molecule has 1 aromatic heterocycles. The highest BCUT2D eigenvalue weighted by Gasteiger charge is 1.87. The number of nitrogens with two attached hydrogens (primary N) is 1. The van der Waals surface area contributed by atoms with Gasteiger partial charge >= 0.3 is 0 Å². The Kier molecular flexibility index (Phi) is 0.676. The number of hydrogen-bond donors (Lipinski definition) is 2. The van der Waals surface area contributed by atoms with Gasteiger partial charge in [-0.05, 0) is 6.50 Å². The van der Waals surface area contributed by atoms with Crippen LogP contribution in [0, 0.1) is 0 Å². The van der Waals surface area contributed by atoms with Crippen LogP contribution in [0.1, 0.15) is 8.44 Å². The molecule has 1 heterocycles. The van der Waals surface area contributed by atoms with Gasteiger partial charge in [0.05, 0.1) is 12.0 Å². The molecule has 3 nitrogen and oxygen atoms in total. The number of H-pyrrole nitrogens is 1. The van der Waals surface area contributed by atoms with Crippen LogP contribution < -0.4 is 5.72 Å². The summed E-state index contributed by atoms with van der Waals surface area (Å²) >= 11 is 0. The van der Waals surface area contributed by atoms with Crippen LogP contribution in [0.3, 0.4) is 0 Å². The molecular formula is C5H9N3. The number of imidazole rings is 1. The maximum absolute atomic E-state index is 7.22. The normalized spacial score (nSPS) is 19.1. The van der Waals surface area contributed by atoms with Gasteiger partial charge in [-0.3, -0.25) is 0 Å². The van der Waals surface area contributed by atoms with Crippen molar-refractivity contribution in [1.82, 2.24) is 9.97 Å². The summed E-state index contributed by atoms with van der Waals surface area (Å²) < 4.78 is 28.0. The van der Waals surface area contributed by atoms with Crippen molar-refractivity contribution in [1.29, 1.82) is 0 Å². The first kappa shape index (κ1) is 2.19. The predicted octanol–water partition coefficient (Wildman–Crippen LogP) is -0.0891. The first-order valence-electron chi connectivity index (χ1n) is 4.17. The highest BCUT2D eigenvalue weighted by atomic mass is 14.9. The highest BCUT2D eigenvalue weighted by molar-refractivity contribution is 4.93. The van der Waals surface area contributed by atoms with E-state index >= 15 is 0 Å². The van der Waals surface area contributed by atoms with Crippen LogP contribution in [0.15, 0.2) is 12.5 Å². The number of aromatic nitrogens is 2. The van der Waals surface area contributed by atoms with Gasteiger partial charge in [0.25, 0.3) is 0 Å². The predicted molar refractivity (Wildman–Crippen MR) is 31.3 cm³/mol. The Bertz CT molecular complexity index is 233. The van der Waals surface area contributed by atoms with Crippen molar-refractivity contribution in [3.63, 3.8) is 0 Å². The lowest BCUT2D eigenvalue weighted by atomic mass is 10.3. The number of nitrogens with one attached hydrogen (secondary N) is 1. The number of aromatic amines is 1. The van der Waals surface area contributed by atoms with E-state index in [-0.39, 0.29) is 12.1 Å². The van der Waals surface area contributed by atoms with Crippen molar-refractivity contribution in [2.45, 2.75) is 6.42 Å². The van der Waals surface area contributed by atoms with Crippen LogP contribution in [0.2, 0.25) is 2.82 Å². The molecule has 0 saturated heterocycles. The second-order valence-corrected chi connectivity index (χ2v) is 1.40. The lowest BCUT2D eigenvalue weighted by Gasteiger charge is -1.85. The van der Waals surface area contributed by atoms with Gasteiger partial charge in [-0.2, -0.15) is 0 Å². The molecule has 0 atom stereocenters. The van der Waals surface area contributed by atoms with E-state index in [0.717, 1.165) is 0 Å². The number of nitrogens with zero attached hydrogens (tertiary/aromatic N) is 1. The minimum Gasteiger partial charge on any atom is -0.351 e. The summed E-state index contributed by atoms with van der Waals surface area (Å²) in [5.41, 5.74) is 0.548. The number of rotatable bonds is 3. The van der Waals surface area contributed by atoms with Crippen molar-refractivity contribution in [3.8, 4) is 0 Å². The third kappa shape index (κ3) is 1.07. The van der Waals surface area contributed by atoms with Crippen molar-refractivity contribution in [3.05, 3.63) is 18.2 Å². The summed E-state index contributed by atoms with van der Waals surface area (Å²) in [5, 5.41) is 0. The molecule has 0 aliphatic carbocycles. The molecule has 0 saturated carbocycles. The van der Waals surface area contributed by atoms with Crippen LogP contribution in [-0.4, -0.2) is 16.5 Å². The molecule has 0 unspecified atom stereocenters. The van der Waals surface area contributed by atoms with Gasteiger partial charge in [-0.1, -0.05) is 0 Å². The van der Waals surface area contributed by atoms with Crippen molar-refractivity contribution < 1.29 is 5.57 Å². The zero-order valence-electron chi connectivity index (χ0n) is 8.26. The molecule has 3 N–H and O–H groups in total. The SMILES string of the molecule is [2H]N([2H])C([2H])([2H])Cc1c[nH]cn1. The number of aryl methyl sites for hydroxylation is 1. The van der Waals surface area contributed by atoms with Crippen LogP contribution >= 0.6 is 0 Å². The largest absolute Gasteiger partial charge is 0.351 e. The topological polar surface area (TPSA) is 54.7 Å². The van der Waals surface area contributed by atoms with Gasteiger partial charge in [-0.15, -0.1) is 0 Å². The monoisotopic (exact) mass is 115 g/mol. The van der Waals surface area contributed by atoms with Gasteiger partial charge in [-0.25, -0.2) is 4.98 Å². The summed E-state index contributed by atoms with van der Waals surface area (Å²) in [6, 6.07) is 0. The van der Waals surface area contributed by atoms with Crippen molar-refractivity contribution >= 4 is 0 Å². The molecule has 0 bridgehead atoms. The summed E-state index contributed by atoms with van der Waals surface area (Å²) in [5.74, 6) is 0. The van der Waals surface area contributed by atoms with E-state index in [1.807, 2.05) is 0 Å². The Hall–Kier alpha value is -0.830. The van der Waals surface area contributed by atoms with E-state index in [9.17, 15) is 0 Å². The van der Waals surface area contributed by atoms with Crippen LogP contribution in [0.5, 0.6) is 0 Å². The van der Waals surface area contributed by atoms with E-state index < -0.39 is 6.50 Å². The Morgan fingerprint density at radius 1 is 2.12 bits per heavy atom. The molecule has 0 radical (unpaired) electrons. The van der Waals surface area contributed by atoms with Crippen molar-refractivity contribution in [2.24, 2.45) is 5.72 Å². The Morgan fingerprint density at radius 2 is 3.12 bits per heavy atom. The molecular weight excluding hydrogens is 102 g/mol. The molecule has 1 rings (SSSR count). The first-order valence-corrected chi connectivity index (χ1v) is 2.28. The summed E-state index contributed by atoms with van der Waals surface area (Å²) in [6.07, 6.45) is 2.91. The fraction of sp³-hybridized carbons (Fsp3) is 0.400. The second kappa shape index (κ2) is 2.47. The smallest absolute Gasteiger partial charge is 0.118 e. The minimum absolute atomic E-state index is 0.0433. The van der Waals surface area contributed by atoms with Crippen molar-refractivity contribution in [2.75, 3.05) is 6.50 Å². The average Bonchev–Trinajstić information content (AvgIpc) is 2.38. The lowest BCUT2D eigenvalue weighted by molar-refractivity contribution is 0.935. The van der Waals surface area contributed by atoms with E-state index in [1.54, 1.807) is 6.20 Å². The van der Waals surface area contributed by atoms with E-state index in [0.29, 0.717) is 5.69 Å². The third-order valence-corrected chi connectivity index (χ3v) is 0.815. The fourth-order valence-electron chi connectivity index (χ4n) is 0.469. The van der Waals surface area contributed by atoms with E-state index in [2.05, 4.69) is 9.97 Å². The molecule has 0 aliphatic heterocycles. The molecule has 0 amide bonds.